The molecule has 1 N–H and O–H groups in total. The van der Waals surface area contributed by atoms with E-state index in [0.29, 0.717) is 5.88 Å². The zero-order valence-electron chi connectivity index (χ0n) is 20.3. The van der Waals surface area contributed by atoms with Crippen molar-refractivity contribution in [2.45, 2.75) is 25.8 Å². The number of phenols is 1. The lowest BCUT2D eigenvalue weighted by Gasteiger charge is -2.37. The van der Waals surface area contributed by atoms with Gasteiger partial charge in [-0.3, -0.25) is 9.29 Å². The number of hydrogen-bond donors (Lipinski definition) is 1. The van der Waals surface area contributed by atoms with Crippen LogP contribution < -0.4 is 4.74 Å². The van der Waals surface area contributed by atoms with Gasteiger partial charge in [-0.15, -0.1) is 0 Å². The third-order valence-electron chi connectivity index (χ3n) is 7.26. The van der Waals surface area contributed by atoms with E-state index in [1.165, 1.54) is 5.57 Å². The lowest BCUT2D eigenvalue weighted by atomic mass is 9.88. The van der Waals surface area contributed by atoms with E-state index in [9.17, 15) is 9.50 Å². The Balaban J connectivity index is 1.46. The molecule has 0 atom stereocenters. The minimum atomic E-state index is -0.245. The fourth-order valence-corrected chi connectivity index (χ4v) is 5.50. The lowest BCUT2D eigenvalue weighted by Crippen LogP contribution is -2.46. The molecule has 0 radical (unpaired) electrons. The summed E-state index contributed by atoms with van der Waals surface area (Å²) in [6.45, 7) is 2.08. The third-order valence-corrected chi connectivity index (χ3v) is 7.26. The minimum Gasteiger partial charge on any atom is -0.508 e. The van der Waals surface area contributed by atoms with E-state index in [4.69, 9.17) is 9.72 Å². The van der Waals surface area contributed by atoms with Crippen LogP contribution in [0.5, 0.6) is 11.6 Å². The number of aromatic hydroxyl groups is 1. The first-order valence-corrected chi connectivity index (χ1v) is 12.4. The number of aromatic nitrogens is 3. The number of benzene rings is 1. The number of fused-ring (bicyclic) bond motifs is 2. The molecular weight excluding hydrogens is 455 g/mol. The van der Waals surface area contributed by atoms with Gasteiger partial charge in [0.2, 0.25) is 5.88 Å². The number of alkyl halides is 1. The second kappa shape index (κ2) is 9.39. The summed E-state index contributed by atoms with van der Waals surface area (Å²) in [5.41, 5.74) is 8.70. The van der Waals surface area contributed by atoms with Crippen molar-refractivity contribution in [1.29, 1.82) is 0 Å². The van der Waals surface area contributed by atoms with Gasteiger partial charge in [0.25, 0.3) is 0 Å². The number of hydrogen-bond acceptors (Lipinski definition) is 5. The molecule has 0 bridgehead atoms. The molecule has 1 aliphatic heterocycles. The molecule has 4 heterocycles. The SMILES string of the molecule is COc1cc(C2=C(c3ccn4cc(CN5CC(CF)C5)nc4c3)c3ccc(O)cc3CCC2)ccn1. The van der Waals surface area contributed by atoms with Gasteiger partial charge >= 0.3 is 0 Å². The van der Waals surface area contributed by atoms with Crippen molar-refractivity contribution in [2.75, 3.05) is 26.9 Å². The molecule has 2 aliphatic rings. The van der Waals surface area contributed by atoms with Crippen LogP contribution in [0.4, 0.5) is 4.39 Å². The first-order valence-electron chi connectivity index (χ1n) is 12.4. The number of allylic oxidation sites excluding steroid dienone is 1. The molecule has 0 spiro atoms. The predicted molar refractivity (Wildman–Crippen MR) is 138 cm³/mol. The number of aryl methyl sites for hydroxylation is 1. The van der Waals surface area contributed by atoms with Gasteiger partial charge in [0.1, 0.15) is 11.4 Å². The maximum atomic E-state index is 12.8. The van der Waals surface area contributed by atoms with Crippen molar-refractivity contribution >= 4 is 16.8 Å². The highest BCUT2D eigenvalue weighted by Crippen LogP contribution is 2.41. The van der Waals surface area contributed by atoms with Crippen molar-refractivity contribution < 1.29 is 14.2 Å². The Kier molecular flexibility index (Phi) is 5.93. The monoisotopic (exact) mass is 484 g/mol. The van der Waals surface area contributed by atoms with E-state index in [1.54, 1.807) is 19.4 Å². The van der Waals surface area contributed by atoms with Crippen LogP contribution in [0.2, 0.25) is 0 Å². The zero-order chi connectivity index (χ0) is 24.6. The average molecular weight is 485 g/mol. The molecule has 7 heteroatoms. The van der Waals surface area contributed by atoms with Crippen LogP contribution in [0.15, 0.2) is 61.1 Å². The number of methoxy groups -OCH3 is 1. The number of nitrogens with zero attached hydrogens (tertiary/aromatic N) is 4. The molecular formula is C29H29FN4O2. The van der Waals surface area contributed by atoms with Crippen LogP contribution in [-0.4, -0.2) is 51.2 Å². The van der Waals surface area contributed by atoms with Gasteiger partial charge in [-0.1, -0.05) is 6.07 Å². The molecule has 4 aromatic rings. The minimum absolute atomic E-state index is 0.167. The molecule has 1 saturated heterocycles. The number of imidazole rings is 1. The summed E-state index contributed by atoms with van der Waals surface area (Å²) in [6.07, 6.45) is 8.67. The smallest absolute Gasteiger partial charge is 0.213 e. The van der Waals surface area contributed by atoms with Crippen LogP contribution in [0, 0.1) is 5.92 Å². The number of halogens is 1. The van der Waals surface area contributed by atoms with E-state index in [-0.39, 0.29) is 18.3 Å². The van der Waals surface area contributed by atoms with Crippen LogP contribution >= 0.6 is 0 Å². The summed E-state index contributed by atoms with van der Waals surface area (Å²) in [5, 5.41) is 10.2. The van der Waals surface area contributed by atoms with Crippen LogP contribution in [0.25, 0.3) is 16.8 Å². The van der Waals surface area contributed by atoms with E-state index in [2.05, 4.69) is 38.8 Å². The van der Waals surface area contributed by atoms with Crippen LogP contribution in [0.3, 0.4) is 0 Å². The Morgan fingerprint density at radius 2 is 1.97 bits per heavy atom. The van der Waals surface area contributed by atoms with E-state index in [1.807, 2.05) is 24.3 Å². The van der Waals surface area contributed by atoms with E-state index >= 15 is 0 Å². The molecule has 6 nitrogen and oxygen atoms in total. The van der Waals surface area contributed by atoms with Crippen molar-refractivity contribution in [3.63, 3.8) is 0 Å². The number of rotatable bonds is 6. The maximum Gasteiger partial charge on any atom is 0.213 e. The standard InChI is InChI=1S/C29H29FN4O2/c1-36-28-13-21(7-9-31-28)25-4-2-3-20-11-24(35)5-6-26(20)29(25)22-8-10-34-18-23(32-27(34)12-22)17-33-15-19(14-30)16-33/h5-13,18-19,35H,2-4,14-17H2,1H3. The fourth-order valence-electron chi connectivity index (χ4n) is 5.50. The van der Waals surface area contributed by atoms with E-state index < -0.39 is 0 Å². The van der Waals surface area contributed by atoms with E-state index in [0.717, 1.165) is 78.1 Å². The van der Waals surface area contributed by atoms with Gasteiger partial charge in [0.15, 0.2) is 0 Å². The third kappa shape index (κ3) is 4.24. The molecule has 184 valence electrons. The largest absolute Gasteiger partial charge is 0.508 e. The summed E-state index contributed by atoms with van der Waals surface area (Å²) in [6, 6.07) is 14.0. The Hall–Kier alpha value is -3.71. The molecule has 1 aliphatic carbocycles. The number of pyridine rings is 2. The number of phenolic OH excluding ortho intramolecular Hbond substituents is 1. The van der Waals surface area contributed by atoms with Gasteiger partial charge in [0, 0.05) is 50.2 Å². The first-order chi connectivity index (χ1) is 17.6. The van der Waals surface area contributed by atoms with Crippen molar-refractivity contribution in [3.8, 4) is 11.6 Å². The van der Waals surface area contributed by atoms with Crippen molar-refractivity contribution in [3.05, 3.63) is 89.0 Å². The van der Waals surface area contributed by atoms with Gasteiger partial charge < -0.3 is 14.2 Å². The highest BCUT2D eigenvalue weighted by Gasteiger charge is 2.27. The number of ether oxygens (including phenoxy) is 1. The molecule has 0 saturated carbocycles. The zero-order valence-corrected chi connectivity index (χ0v) is 20.3. The summed E-state index contributed by atoms with van der Waals surface area (Å²) in [5.74, 6) is 1.04. The van der Waals surface area contributed by atoms with Gasteiger partial charge in [-0.25, -0.2) is 9.97 Å². The molecule has 1 fully saturated rings. The quantitative estimate of drug-likeness (QED) is 0.411. The predicted octanol–water partition coefficient (Wildman–Crippen LogP) is 5.14. The summed E-state index contributed by atoms with van der Waals surface area (Å²) < 4.78 is 20.3. The summed E-state index contributed by atoms with van der Waals surface area (Å²) >= 11 is 0. The summed E-state index contributed by atoms with van der Waals surface area (Å²) in [7, 11) is 1.63. The van der Waals surface area contributed by atoms with Crippen molar-refractivity contribution in [2.24, 2.45) is 5.92 Å². The first kappa shape index (κ1) is 22.7. The normalized spacial score (nSPS) is 16.6. The number of likely N-dealkylation sites (tertiary alicyclic amines) is 1. The lowest BCUT2D eigenvalue weighted by molar-refractivity contribution is 0.0727. The molecule has 3 aromatic heterocycles. The topological polar surface area (TPSA) is 62.9 Å². The van der Waals surface area contributed by atoms with Gasteiger partial charge in [-0.05, 0) is 83.0 Å². The van der Waals surface area contributed by atoms with Crippen LogP contribution in [0.1, 0.15) is 40.8 Å². The van der Waals surface area contributed by atoms with Crippen LogP contribution in [-0.2, 0) is 13.0 Å². The second-order valence-electron chi connectivity index (χ2n) is 9.76. The Morgan fingerprint density at radius 1 is 1.08 bits per heavy atom. The maximum absolute atomic E-state index is 12.8. The molecule has 0 unspecified atom stereocenters. The van der Waals surface area contributed by atoms with Crippen molar-refractivity contribution in [1.82, 2.24) is 19.3 Å². The highest BCUT2D eigenvalue weighted by molar-refractivity contribution is 6.00. The Labute approximate surface area is 209 Å². The molecule has 1 aromatic carbocycles. The van der Waals surface area contributed by atoms with Gasteiger partial charge in [0.05, 0.1) is 19.5 Å². The summed E-state index contributed by atoms with van der Waals surface area (Å²) in [4.78, 5) is 11.4. The average Bonchev–Trinajstić information content (AvgIpc) is 3.18. The highest BCUT2D eigenvalue weighted by atomic mass is 19.1. The Morgan fingerprint density at radius 3 is 2.81 bits per heavy atom. The molecule has 6 rings (SSSR count). The molecule has 36 heavy (non-hydrogen) atoms. The fraction of sp³-hybridized carbons (Fsp3) is 0.310. The molecule has 0 amide bonds. The van der Waals surface area contributed by atoms with Gasteiger partial charge in [-0.2, -0.15) is 0 Å². The Bertz CT molecular complexity index is 1450. The second-order valence-corrected chi connectivity index (χ2v) is 9.76.